The van der Waals surface area contributed by atoms with Crippen molar-refractivity contribution in [2.24, 2.45) is 17.3 Å². The number of phenolic OH excluding ortho intramolecular Hbond substituents is 2. The fourth-order valence-electron chi connectivity index (χ4n) is 5.52. The minimum atomic E-state index is -0.893. The summed E-state index contributed by atoms with van der Waals surface area (Å²) in [5, 5.41) is 31.4. The van der Waals surface area contributed by atoms with Crippen LogP contribution in [-0.4, -0.2) is 21.3 Å². The summed E-state index contributed by atoms with van der Waals surface area (Å²) in [5.74, 6) is -0.743. The summed E-state index contributed by atoms with van der Waals surface area (Å²) < 4.78 is 0. The first-order valence-electron chi connectivity index (χ1n) is 11.0. The molecule has 4 nitrogen and oxygen atoms in total. The summed E-state index contributed by atoms with van der Waals surface area (Å²) in [6.07, 6.45) is 8.28. The maximum Gasteiger partial charge on any atom is 0.331 e. The van der Waals surface area contributed by atoms with Gasteiger partial charge in [-0.25, -0.2) is 4.79 Å². The van der Waals surface area contributed by atoms with Crippen molar-refractivity contribution >= 4 is 5.97 Å². The van der Waals surface area contributed by atoms with Crippen molar-refractivity contribution in [3.63, 3.8) is 0 Å². The van der Waals surface area contributed by atoms with Gasteiger partial charge in [-0.15, -0.1) is 0 Å². The van der Waals surface area contributed by atoms with E-state index >= 15 is 0 Å². The first kappa shape index (κ1) is 21.7. The first-order valence-corrected chi connectivity index (χ1v) is 11.0. The molecule has 1 unspecified atom stereocenters. The summed E-state index contributed by atoms with van der Waals surface area (Å²) in [6.45, 7) is 10.7. The Bertz CT molecular complexity index is 795. The SMILES string of the molecule is CCCCCCC(C)(C)c1cc(O)c([C@H]2C=C(C(=O)O)[C@@H]3CC2C3(C)C)c(O)c1. The summed E-state index contributed by atoms with van der Waals surface area (Å²) in [6, 6.07) is 3.56. The number of hydrogen-bond acceptors (Lipinski definition) is 3. The van der Waals surface area contributed by atoms with Crippen LogP contribution in [0.5, 0.6) is 11.5 Å². The lowest BCUT2D eigenvalue weighted by Gasteiger charge is -2.58. The van der Waals surface area contributed by atoms with Crippen LogP contribution in [0.4, 0.5) is 0 Å². The van der Waals surface area contributed by atoms with E-state index in [0.717, 1.165) is 24.8 Å². The van der Waals surface area contributed by atoms with E-state index < -0.39 is 5.97 Å². The fraction of sp³-hybridized carbons (Fsp3) is 0.640. The number of benzene rings is 1. The molecule has 1 aromatic rings. The molecule has 29 heavy (non-hydrogen) atoms. The third kappa shape index (κ3) is 3.78. The van der Waals surface area contributed by atoms with Crippen LogP contribution in [0.15, 0.2) is 23.8 Å². The van der Waals surface area contributed by atoms with Gasteiger partial charge in [0.1, 0.15) is 11.5 Å². The average Bonchev–Trinajstić information content (AvgIpc) is 2.64. The van der Waals surface area contributed by atoms with Crippen molar-refractivity contribution < 1.29 is 20.1 Å². The molecule has 0 spiro atoms. The predicted octanol–water partition coefficient (Wildman–Crippen LogP) is 6.12. The number of allylic oxidation sites excluding steroid dienone is 1. The van der Waals surface area contributed by atoms with Gasteiger partial charge in [0.25, 0.3) is 0 Å². The Kier molecular flexibility index (Phi) is 5.77. The number of carboxylic acids is 1. The van der Waals surface area contributed by atoms with E-state index in [9.17, 15) is 20.1 Å². The van der Waals surface area contributed by atoms with E-state index in [0.29, 0.717) is 11.1 Å². The van der Waals surface area contributed by atoms with Gasteiger partial charge < -0.3 is 15.3 Å². The van der Waals surface area contributed by atoms with Crippen molar-refractivity contribution in [1.82, 2.24) is 0 Å². The molecule has 3 N–H and O–H groups in total. The van der Waals surface area contributed by atoms with E-state index in [1.54, 1.807) is 18.2 Å². The smallest absolute Gasteiger partial charge is 0.331 e. The van der Waals surface area contributed by atoms with Gasteiger partial charge in [-0.2, -0.15) is 0 Å². The molecule has 160 valence electrons. The number of unbranched alkanes of at least 4 members (excludes halogenated alkanes) is 3. The maximum absolute atomic E-state index is 11.8. The largest absolute Gasteiger partial charge is 0.507 e. The molecular weight excluding hydrogens is 364 g/mol. The molecule has 0 saturated heterocycles. The molecule has 3 aliphatic carbocycles. The Balaban J connectivity index is 1.92. The molecule has 3 atom stereocenters. The normalized spacial score (nSPS) is 25.3. The molecule has 0 aliphatic heterocycles. The molecule has 4 rings (SSSR count). The molecular formula is C25H36O4. The monoisotopic (exact) mass is 400 g/mol. The Morgan fingerprint density at radius 3 is 2.28 bits per heavy atom. The number of carboxylic acid groups (broad SMARTS) is 1. The molecule has 1 aromatic carbocycles. The van der Waals surface area contributed by atoms with Gasteiger partial charge in [-0.1, -0.05) is 66.4 Å². The molecule has 2 bridgehead atoms. The summed E-state index contributed by atoms with van der Waals surface area (Å²) in [7, 11) is 0. The van der Waals surface area contributed by atoms with Crippen LogP contribution in [0.3, 0.4) is 0 Å². The van der Waals surface area contributed by atoms with Crippen LogP contribution in [0.25, 0.3) is 0 Å². The van der Waals surface area contributed by atoms with Gasteiger partial charge in [0.2, 0.25) is 0 Å². The number of phenols is 2. The van der Waals surface area contributed by atoms with E-state index in [1.165, 1.54) is 19.3 Å². The topological polar surface area (TPSA) is 77.8 Å². The summed E-state index contributed by atoms with van der Waals surface area (Å²) >= 11 is 0. The molecule has 0 aromatic heterocycles. The highest BCUT2D eigenvalue weighted by Gasteiger charge is 2.57. The van der Waals surface area contributed by atoms with Gasteiger partial charge in [0.05, 0.1) is 0 Å². The van der Waals surface area contributed by atoms with Gasteiger partial charge in [-0.05, 0) is 53.2 Å². The van der Waals surface area contributed by atoms with Crippen LogP contribution >= 0.6 is 0 Å². The molecule has 0 amide bonds. The van der Waals surface area contributed by atoms with Crippen molar-refractivity contribution in [3.8, 4) is 11.5 Å². The average molecular weight is 401 g/mol. The molecule has 1 fully saturated rings. The third-order valence-corrected chi connectivity index (χ3v) is 7.66. The van der Waals surface area contributed by atoms with Gasteiger partial charge in [0.15, 0.2) is 0 Å². The zero-order chi connectivity index (χ0) is 21.6. The number of aliphatic carboxylic acids is 1. The molecule has 4 heteroatoms. The van der Waals surface area contributed by atoms with E-state index in [2.05, 4.69) is 34.6 Å². The second-order valence-electron chi connectivity index (χ2n) is 10.3. The van der Waals surface area contributed by atoms with Gasteiger partial charge in [-0.3, -0.25) is 0 Å². The second-order valence-corrected chi connectivity index (χ2v) is 10.3. The zero-order valence-electron chi connectivity index (χ0n) is 18.5. The molecule has 0 heterocycles. The van der Waals surface area contributed by atoms with Crippen molar-refractivity contribution in [2.45, 2.75) is 84.5 Å². The standard InChI is InChI=1S/C25H36O4/c1-6-7-8-9-10-24(2,3)15-11-20(26)22(21(27)12-15)16-13-17(23(28)29)19-14-18(16)25(19,4)5/h11-13,16,18-19,26-27H,6-10,14H2,1-5H3,(H,28,29)/t16-,18?,19-/m0/s1. The predicted molar refractivity (Wildman–Crippen MR) is 115 cm³/mol. The van der Waals surface area contributed by atoms with Crippen LogP contribution in [0.2, 0.25) is 0 Å². The van der Waals surface area contributed by atoms with Crippen LogP contribution in [0.1, 0.15) is 90.2 Å². The molecule has 1 saturated carbocycles. The number of rotatable bonds is 8. The third-order valence-electron chi connectivity index (χ3n) is 7.66. The van der Waals surface area contributed by atoms with E-state index in [-0.39, 0.29) is 40.1 Å². The van der Waals surface area contributed by atoms with Crippen LogP contribution < -0.4 is 0 Å². The molecule has 3 aliphatic rings. The fourth-order valence-corrected chi connectivity index (χ4v) is 5.52. The lowest BCUT2D eigenvalue weighted by molar-refractivity contribution is -0.137. The molecule has 0 radical (unpaired) electrons. The van der Waals surface area contributed by atoms with Crippen LogP contribution in [0, 0.1) is 17.3 Å². The van der Waals surface area contributed by atoms with E-state index in [4.69, 9.17) is 0 Å². The summed E-state index contributed by atoms with van der Waals surface area (Å²) in [5.41, 5.74) is 1.53. The Hall–Kier alpha value is -1.97. The Morgan fingerprint density at radius 1 is 1.14 bits per heavy atom. The van der Waals surface area contributed by atoms with Crippen molar-refractivity contribution in [1.29, 1.82) is 0 Å². The van der Waals surface area contributed by atoms with Crippen molar-refractivity contribution in [3.05, 3.63) is 34.9 Å². The zero-order valence-corrected chi connectivity index (χ0v) is 18.5. The number of carbonyl (C=O) groups is 1. The Labute approximate surface area is 174 Å². The maximum atomic E-state index is 11.8. The highest BCUT2D eigenvalue weighted by Crippen LogP contribution is 2.65. The number of aromatic hydroxyl groups is 2. The second kappa shape index (κ2) is 7.70. The van der Waals surface area contributed by atoms with Gasteiger partial charge >= 0.3 is 5.97 Å². The quantitative estimate of drug-likeness (QED) is 0.460. The minimum absolute atomic E-state index is 0.0480. The lowest BCUT2D eigenvalue weighted by atomic mass is 9.45. The number of hydrogen-bond donors (Lipinski definition) is 3. The number of fused-ring (bicyclic) bond motifs is 1. The highest BCUT2D eigenvalue weighted by atomic mass is 16.4. The summed E-state index contributed by atoms with van der Waals surface area (Å²) in [4.78, 5) is 11.8. The van der Waals surface area contributed by atoms with E-state index in [1.807, 2.05) is 0 Å². The van der Waals surface area contributed by atoms with Crippen molar-refractivity contribution in [2.75, 3.05) is 0 Å². The van der Waals surface area contributed by atoms with Crippen LogP contribution in [-0.2, 0) is 10.2 Å². The first-order chi connectivity index (χ1) is 13.5. The lowest BCUT2D eigenvalue weighted by Crippen LogP contribution is -2.52. The van der Waals surface area contributed by atoms with Gasteiger partial charge in [0, 0.05) is 17.1 Å². The Morgan fingerprint density at radius 2 is 1.76 bits per heavy atom. The minimum Gasteiger partial charge on any atom is -0.507 e. The highest BCUT2D eigenvalue weighted by molar-refractivity contribution is 5.88.